The summed E-state index contributed by atoms with van der Waals surface area (Å²) < 4.78 is 26.7. The number of carbonyl (C=O) groups is 1. The highest BCUT2D eigenvalue weighted by Gasteiger charge is 2.16. The minimum absolute atomic E-state index is 0.268. The van der Waals surface area contributed by atoms with Gasteiger partial charge in [0.1, 0.15) is 5.82 Å². The van der Waals surface area contributed by atoms with Gasteiger partial charge in [0.15, 0.2) is 5.82 Å². The van der Waals surface area contributed by atoms with Gasteiger partial charge in [0.05, 0.1) is 11.3 Å². The number of hydrogen-bond acceptors (Lipinski definition) is 3. The number of rotatable bonds is 3. The third-order valence-corrected chi connectivity index (χ3v) is 3.62. The maximum atomic E-state index is 13.6. The fourth-order valence-corrected chi connectivity index (χ4v) is 2.47. The van der Waals surface area contributed by atoms with Crippen molar-refractivity contribution in [3.63, 3.8) is 0 Å². The number of nitrogens with one attached hydrogen (secondary N) is 1. The lowest BCUT2D eigenvalue weighted by Gasteiger charge is -2.07. The van der Waals surface area contributed by atoms with E-state index in [0.29, 0.717) is 0 Å². The molecule has 1 aromatic heterocycles. The second-order valence-electron chi connectivity index (χ2n) is 4.12. The van der Waals surface area contributed by atoms with E-state index in [1.165, 1.54) is 11.3 Å². The minimum Gasteiger partial charge on any atom is -0.396 e. The molecule has 0 aliphatic heterocycles. The number of hydrogen-bond donors (Lipinski definition) is 2. The molecule has 100 valence electrons. The van der Waals surface area contributed by atoms with E-state index in [0.717, 1.165) is 23.3 Å². The van der Waals surface area contributed by atoms with Crippen molar-refractivity contribution >= 4 is 22.9 Å². The molecule has 0 atom stereocenters. The summed E-state index contributed by atoms with van der Waals surface area (Å²) in [5.41, 5.74) is 6.51. The van der Waals surface area contributed by atoms with E-state index in [2.05, 4.69) is 5.32 Å². The molecule has 6 heteroatoms. The van der Waals surface area contributed by atoms with Gasteiger partial charge in [-0.1, -0.05) is 0 Å². The summed E-state index contributed by atoms with van der Waals surface area (Å²) in [6.07, 6.45) is 0. The molecule has 0 saturated carbocycles. The Morgan fingerprint density at radius 3 is 2.74 bits per heavy atom. The summed E-state index contributed by atoms with van der Waals surface area (Å²) in [6.45, 7) is 2.18. The van der Waals surface area contributed by atoms with Crippen LogP contribution in [0.2, 0.25) is 0 Å². The highest BCUT2D eigenvalue weighted by molar-refractivity contribution is 7.08. The van der Waals surface area contributed by atoms with Crippen molar-refractivity contribution in [2.45, 2.75) is 13.5 Å². The molecule has 0 fully saturated rings. The minimum atomic E-state index is -0.902. The highest BCUT2D eigenvalue weighted by atomic mass is 32.1. The lowest BCUT2D eigenvalue weighted by atomic mass is 10.1. The molecule has 1 aromatic carbocycles. The first kappa shape index (κ1) is 13.5. The fourth-order valence-electron chi connectivity index (χ4n) is 1.61. The fraction of sp³-hybridized carbons (Fsp3) is 0.154. The molecule has 1 amide bonds. The Kier molecular flexibility index (Phi) is 3.80. The van der Waals surface area contributed by atoms with Gasteiger partial charge in [0.25, 0.3) is 5.91 Å². The van der Waals surface area contributed by atoms with Crippen LogP contribution in [-0.4, -0.2) is 5.91 Å². The Morgan fingerprint density at radius 2 is 2.11 bits per heavy atom. The van der Waals surface area contributed by atoms with Gasteiger partial charge in [0.2, 0.25) is 0 Å². The predicted molar refractivity (Wildman–Crippen MR) is 71.0 cm³/mol. The second-order valence-corrected chi connectivity index (χ2v) is 4.86. The molecule has 0 saturated heterocycles. The number of amides is 1. The smallest absolute Gasteiger partial charge is 0.254 e. The molecule has 0 spiro atoms. The molecule has 19 heavy (non-hydrogen) atoms. The number of nitrogens with two attached hydrogens (primary N) is 1. The zero-order valence-corrected chi connectivity index (χ0v) is 11.0. The van der Waals surface area contributed by atoms with Gasteiger partial charge >= 0.3 is 0 Å². The van der Waals surface area contributed by atoms with E-state index in [1.54, 1.807) is 0 Å². The van der Waals surface area contributed by atoms with Crippen LogP contribution in [0.15, 0.2) is 22.9 Å². The maximum Gasteiger partial charge on any atom is 0.254 e. The molecule has 0 aliphatic rings. The summed E-state index contributed by atoms with van der Waals surface area (Å²) in [5.74, 6) is -2.33. The average Bonchev–Trinajstić information content (AvgIpc) is 2.76. The van der Waals surface area contributed by atoms with Crippen LogP contribution in [0.3, 0.4) is 0 Å². The Morgan fingerprint density at radius 1 is 1.37 bits per heavy atom. The number of benzene rings is 1. The lowest BCUT2D eigenvalue weighted by molar-refractivity contribution is 0.0946. The predicted octanol–water partition coefficient (Wildman–Crippen LogP) is 2.85. The van der Waals surface area contributed by atoms with Crippen LogP contribution in [0.5, 0.6) is 0 Å². The van der Waals surface area contributed by atoms with Crippen LogP contribution < -0.4 is 11.1 Å². The first-order valence-electron chi connectivity index (χ1n) is 5.53. The summed E-state index contributed by atoms with van der Waals surface area (Å²) in [5, 5.41) is 6.38. The zero-order chi connectivity index (χ0) is 14.0. The summed E-state index contributed by atoms with van der Waals surface area (Å²) in [7, 11) is 0. The molecule has 0 unspecified atom stereocenters. The summed E-state index contributed by atoms with van der Waals surface area (Å²) in [4.78, 5) is 11.8. The van der Waals surface area contributed by atoms with Gasteiger partial charge in [0, 0.05) is 6.54 Å². The molecule has 3 N–H and O–H groups in total. The van der Waals surface area contributed by atoms with Gasteiger partial charge in [-0.05, 0) is 40.9 Å². The molecular weight excluding hydrogens is 270 g/mol. The van der Waals surface area contributed by atoms with Crippen molar-refractivity contribution in [3.05, 3.63) is 51.2 Å². The third-order valence-electron chi connectivity index (χ3n) is 2.71. The second kappa shape index (κ2) is 5.36. The van der Waals surface area contributed by atoms with Gasteiger partial charge in [-0.3, -0.25) is 4.79 Å². The van der Waals surface area contributed by atoms with Crippen LogP contribution >= 0.6 is 11.3 Å². The van der Waals surface area contributed by atoms with E-state index >= 15 is 0 Å². The molecule has 2 aromatic rings. The number of anilines is 1. The number of carbonyl (C=O) groups excluding carboxylic acids is 1. The standard InChI is InChI=1S/C13H12F2N2OS/c1-7-5-19-6-8(7)4-17-13(18)10-2-9(14)3-11(16)12(10)15/h2-3,5-6H,4,16H2,1H3,(H,17,18). The molecule has 3 nitrogen and oxygen atoms in total. The Labute approximate surface area is 113 Å². The molecule has 0 aliphatic carbocycles. The molecule has 0 bridgehead atoms. The molecular formula is C13H12F2N2OS. The average molecular weight is 282 g/mol. The van der Waals surface area contributed by atoms with Crippen molar-refractivity contribution in [1.82, 2.24) is 5.32 Å². The third kappa shape index (κ3) is 2.90. The van der Waals surface area contributed by atoms with Crippen LogP contribution in [0.1, 0.15) is 21.5 Å². The van der Waals surface area contributed by atoms with E-state index in [9.17, 15) is 13.6 Å². The van der Waals surface area contributed by atoms with Gasteiger partial charge in [-0.15, -0.1) is 0 Å². The van der Waals surface area contributed by atoms with Crippen molar-refractivity contribution in [1.29, 1.82) is 0 Å². The number of thiophene rings is 1. The quantitative estimate of drug-likeness (QED) is 0.850. The molecule has 1 heterocycles. The first-order valence-corrected chi connectivity index (χ1v) is 6.47. The SMILES string of the molecule is Cc1cscc1CNC(=O)c1cc(F)cc(N)c1F. The van der Waals surface area contributed by atoms with E-state index < -0.39 is 17.5 Å². The Bertz CT molecular complexity index is 625. The lowest BCUT2D eigenvalue weighted by Crippen LogP contribution is -2.24. The normalized spacial score (nSPS) is 10.5. The molecule has 2 rings (SSSR count). The zero-order valence-electron chi connectivity index (χ0n) is 10.2. The van der Waals surface area contributed by atoms with Gasteiger partial charge < -0.3 is 11.1 Å². The monoisotopic (exact) mass is 282 g/mol. The van der Waals surface area contributed by atoms with Crippen LogP contribution in [0.25, 0.3) is 0 Å². The number of aryl methyl sites for hydroxylation is 1. The summed E-state index contributed by atoms with van der Waals surface area (Å²) >= 11 is 1.52. The topological polar surface area (TPSA) is 55.1 Å². The van der Waals surface area contributed by atoms with Crippen molar-refractivity contribution in [2.75, 3.05) is 5.73 Å². The van der Waals surface area contributed by atoms with Gasteiger partial charge in [-0.25, -0.2) is 8.78 Å². The van der Waals surface area contributed by atoms with Crippen LogP contribution in [-0.2, 0) is 6.54 Å². The van der Waals surface area contributed by atoms with E-state index in [4.69, 9.17) is 5.73 Å². The van der Waals surface area contributed by atoms with E-state index in [1.807, 2.05) is 17.7 Å². The Balaban J connectivity index is 2.15. The number of halogens is 2. The van der Waals surface area contributed by atoms with Gasteiger partial charge in [-0.2, -0.15) is 11.3 Å². The maximum absolute atomic E-state index is 13.6. The highest BCUT2D eigenvalue weighted by Crippen LogP contribution is 2.18. The first-order chi connectivity index (χ1) is 8.99. The van der Waals surface area contributed by atoms with Crippen LogP contribution in [0, 0.1) is 18.6 Å². The largest absolute Gasteiger partial charge is 0.396 e. The van der Waals surface area contributed by atoms with E-state index in [-0.39, 0.29) is 17.8 Å². The van der Waals surface area contributed by atoms with Crippen molar-refractivity contribution in [3.8, 4) is 0 Å². The van der Waals surface area contributed by atoms with Crippen molar-refractivity contribution < 1.29 is 13.6 Å². The summed E-state index contributed by atoms with van der Waals surface area (Å²) in [6, 6.07) is 1.68. The number of nitrogen functional groups attached to an aromatic ring is 1. The van der Waals surface area contributed by atoms with Crippen LogP contribution in [0.4, 0.5) is 14.5 Å². The van der Waals surface area contributed by atoms with Crippen molar-refractivity contribution in [2.24, 2.45) is 0 Å². The molecule has 0 radical (unpaired) electrons. The Hall–Kier alpha value is -1.95.